The summed E-state index contributed by atoms with van der Waals surface area (Å²) in [6, 6.07) is 12.4. The van der Waals surface area contributed by atoms with Gasteiger partial charge in [-0.15, -0.1) is 0 Å². The van der Waals surface area contributed by atoms with Crippen molar-refractivity contribution in [2.24, 2.45) is 5.41 Å². The van der Waals surface area contributed by atoms with Crippen LogP contribution >= 0.6 is 0 Å². The first-order valence-electron chi connectivity index (χ1n) is 11.4. The van der Waals surface area contributed by atoms with Crippen LogP contribution in [-0.2, 0) is 4.79 Å². The number of nitrogen functional groups attached to an aromatic ring is 2. The highest BCUT2D eigenvalue weighted by molar-refractivity contribution is 6.15. The Kier molecular flexibility index (Phi) is 5.32. The van der Waals surface area contributed by atoms with Crippen molar-refractivity contribution in [2.75, 3.05) is 31.6 Å². The van der Waals surface area contributed by atoms with E-state index in [1.165, 1.54) is 19.2 Å². The van der Waals surface area contributed by atoms with E-state index in [-0.39, 0.29) is 0 Å². The summed E-state index contributed by atoms with van der Waals surface area (Å²) in [7, 11) is 2.18. The summed E-state index contributed by atoms with van der Waals surface area (Å²) in [6.07, 6.45) is 4.09. The lowest BCUT2D eigenvalue weighted by atomic mass is 9.61. The quantitative estimate of drug-likeness (QED) is 0.357. The van der Waals surface area contributed by atoms with Gasteiger partial charge in [-0.25, -0.2) is 9.67 Å². The van der Waals surface area contributed by atoms with Crippen molar-refractivity contribution in [3.63, 3.8) is 0 Å². The molecule has 2 fully saturated rings. The number of rotatable bonds is 3. The Labute approximate surface area is 198 Å². The molecule has 0 bridgehead atoms. The predicted molar refractivity (Wildman–Crippen MR) is 136 cm³/mol. The number of carbonyl (C=O) groups excluding carboxylic acids is 1. The molecule has 6 rings (SSSR count). The topological polar surface area (TPSA) is 116 Å². The summed E-state index contributed by atoms with van der Waals surface area (Å²) in [5.41, 5.74) is 18.2. The highest BCUT2D eigenvalue weighted by atomic mass is 16.1. The second kappa shape index (κ2) is 8.22. The minimum absolute atomic E-state index is 0.338. The minimum Gasteiger partial charge on any atom is -0.398 e. The Balaban J connectivity index is 0.000000560. The highest BCUT2D eigenvalue weighted by Crippen LogP contribution is 2.54. The number of aryl methyl sites for hydroxylation is 1. The van der Waals surface area contributed by atoms with Crippen molar-refractivity contribution in [3.8, 4) is 11.3 Å². The number of nitrogens with two attached hydrogens (primary N) is 2. The number of likely N-dealkylation sites (tertiary alicyclic amines) is 1. The Morgan fingerprint density at radius 2 is 1.79 bits per heavy atom. The van der Waals surface area contributed by atoms with Crippen LogP contribution in [0.5, 0.6) is 0 Å². The number of benzene rings is 1. The first-order valence-corrected chi connectivity index (χ1v) is 11.4. The number of pyridine rings is 2. The smallest absolute Gasteiger partial charge is 0.163 e. The van der Waals surface area contributed by atoms with Gasteiger partial charge in [0.15, 0.2) is 5.65 Å². The number of hydrogen-bond acceptors (Lipinski definition) is 7. The number of carbonyl (C=O) groups is 1. The average Bonchev–Trinajstić information content (AvgIpc) is 3.14. The molecule has 0 unspecified atom stereocenters. The summed E-state index contributed by atoms with van der Waals surface area (Å²) in [4.78, 5) is 21.1. The monoisotopic (exact) mass is 455 g/mol. The van der Waals surface area contributed by atoms with E-state index >= 15 is 0 Å². The van der Waals surface area contributed by atoms with Crippen molar-refractivity contribution in [1.82, 2.24) is 24.6 Å². The van der Waals surface area contributed by atoms with Crippen LogP contribution in [0.4, 0.5) is 11.5 Å². The Hall–Kier alpha value is -3.78. The lowest BCUT2D eigenvalue weighted by Gasteiger charge is -2.58. The van der Waals surface area contributed by atoms with E-state index in [4.69, 9.17) is 31.3 Å². The van der Waals surface area contributed by atoms with Gasteiger partial charge >= 0.3 is 0 Å². The maximum absolute atomic E-state index is 9.06. The Bertz CT molecular complexity index is 1390. The van der Waals surface area contributed by atoms with Crippen LogP contribution in [0.2, 0.25) is 0 Å². The van der Waals surface area contributed by atoms with Crippen molar-refractivity contribution in [3.05, 3.63) is 54.7 Å². The number of hydrogen-bond donors (Lipinski definition) is 2. The van der Waals surface area contributed by atoms with Crippen molar-refractivity contribution in [2.45, 2.75) is 25.8 Å². The number of anilines is 2. The fourth-order valence-electron chi connectivity index (χ4n) is 5.59. The molecule has 1 aliphatic carbocycles. The van der Waals surface area contributed by atoms with E-state index in [1.54, 1.807) is 0 Å². The fraction of sp³-hybridized carbons (Fsp3) is 0.308. The average molecular weight is 456 g/mol. The third-order valence-electron chi connectivity index (χ3n) is 6.82. The standard InChI is InChI=1S/C23H25N7.C3H4O/c1-13-8-16(24)17-20(26-13)18-19(14-6-4-3-5-7-14)28-30(22(18)27-21(17)25)15-9-23(10-15)11-29(2)12-23;1-2-3-4/h3-8,15H,9-12H2,1-2H3,(H2,24,26)(H2,25,27);2-3H,1H2. The summed E-state index contributed by atoms with van der Waals surface area (Å²) in [5, 5.41) is 6.73. The van der Waals surface area contributed by atoms with Gasteiger partial charge < -0.3 is 16.4 Å². The molecule has 174 valence electrons. The number of nitrogens with zero attached hydrogens (tertiary/aromatic N) is 5. The van der Waals surface area contributed by atoms with Crippen LogP contribution in [0.15, 0.2) is 49.1 Å². The van der Waals surface area contributed by atoms with Gasteiger partial charge in [0.05, 0.1) is 22.3 Å². The van der Waals surface area contributed by atoms with Gasteiger partial charge in [-0.3, -0.25) is 9.78 Å². The minimum atomic E-state index is 0.338. The first kappa shape index (κ1) is 22.0. The van der Waals surface area contributed by atoms with Crippen LogP contribution in [0.25, 0.3) is 33.2 Å². The van der Waals surface area contributed by atoms with E-state index in [1.807, 2.05) is 31.2 Å². The SMILES string of the molecule is C=CC=O.Cc1cc(N)c2c(N)nc3c(c(-c4ccccc4)nn3C3CC4(C3)CN(C)C4)c2n1. The Morgan fingerprint density at radius 1 is 1.12 bits per heavy atom. The lowest BCUT2D eigenvalue weighted by molar-refractivity contribution is -0.104. The van der Waals surface area contributed by atoms with E-state index in [9.17, 15) is 0 Å². The van der Waals surface area contributed by atoms with Gasteiger partial charge in [-0.1, -0.05) is 36.9 Å². The molecule has 1 saturated heterocycles. The molecule has 1 saturated carbocycles. The van der Waals surface area contributed by atoms with E-state index in [2.05, 4.69) is 35.3 Å². The van der Waals surface area contributed by atoms with Gasteiger partial charge in [0.2, 0.25) is 0 Å². The van der Waals surface area contributed by atoms with Gasteiger partial charge in [0.25, 0.3) is 0 Å². The van der Waals surface area contributed by atoms with Crippen molar-refractivity contribution < 1.29 is 4.79 Å². The molecule has 34 heavy (non-hydrogen) atoms. The van der Waals surface area contributed by atoms with E-state index < -0.39 is 0 Å². The zero-order valence-corrected chi connectivity index (χ0v) is 19.5. The number of aldehydes is 1. The maximum Gasteiger partial charge on any atom is 0.163 e. The van der Waals surface area contributed by atoms with Crippen LogP contribution < -0.4 is 11.5 Å². The molecule has 0 atom stereocenters. The zero-order valence-electron chi connectivity index (χ0n) is 19.5. The van der Waals surface area contributed by atoms with Gasteiger partial charge in [-0.05, 0) is 44.4 Å². The van der Waals surface area contributed by atoms with Crippen LogP contribution in [-0.4, -0.2) is 51.1 Å². The molecule has 0 amide bonds. The third-order valence-corrected chi connectivity index (χ3v) is 6.82. The largest absolute Gasteiger partial charge is 0.398 e. The molecule has 1 aromatic carbocycles. The molecule has 8 nitrogen and oxygen atoms in total. The normalized spacial score (nSPS) is 17.1. The first-order chi connectivity index (χ1) is 16.4. The second-order valence-electron chi connectivity index (χ2n) is 9.54. The molecular formula is C26H29N7O. The van der Waals surface area contributed by atoms with Gasteiger partial charge in [-0.2, -0.15) is 5.10 Å². The second-order valence-corrected chi connectivity index (χ2v) is 9.54. The summed E-state index contributed by atoms with van der Waals surface area (Å²) in [5.74, 6) is 0.417. The summed E-state index contributed by atoms with van der Waals surface area (Å²) < 4.78 is 2.09. The Morgan fingerprint density at radius 3 is 2.41 bits per heavy atom. The van der Waals surface area contributed by atoms with Crippen LogP contribution in [0.1, 0.15) is 24.6 Å². The number of fused-ring (bicyclic) bond motifs is 3. The van der Waals surface area contributed by atoms with E-state index in [0.717, 1.165) is 51.7 Å². The molecule has 3 aromatic heterocycles. The van der Waals surface area contributed by atoms with Gasteiger partial charge in [0.1, 0.15) is 17.8 Å². The molecule has 8 heteroatoms. The molecule has 4 N–H and O–H groups in total. The highest BCUT2D eigenvalue weighted by Gasteiger charge is 2.52. The van der Waals surface area contributed by atoms with E-state index in [0.29, 0.717) is 29.2 Å². The fourth-order valence-corrected chi connectivity index (χ4v) is 5.59. The van der Waals surface area contributed by atoms with Crippen molar-refractivity contribution >= 4 is 39.7 Å². The number of aromatic nitrogens is 4. The zero-order chi connectivity index (χ0) is 24.0. The van der Waals surface area contributed by atoms with Crippen molar-refractivity contribution in [1.29, 1.82) is 0 Å². The van der Waals surface area contributed by atoms with Crippen LogP contribution in [0.3, 0.4) is 0 Å². The molecule has 1 aliphatic heterocycles. The summed E-state index contributed by atoms with van der Waals surface area (Å²) >= 11 is 0. The molecule has 4 heterocycles. The molecule has 4 aromatic rings. The number of allylic oxidation sites excluding steroid dienone is 1. The van der Waals surface area contributed by atoms with Crippen LogP contribution in [0, 0.1) is 12.3 Å². The van der Waals surface area contributed by atoms with Gasteiger partial charge in [0, 0.05) is 30.0 Å². The molecule has 2 aliphatic rings. The maximum atomic E-state index is 9.06. The molecule has 1 spiro atoms. The summed E-state index contributed by atoms with van der Waals surface area (Å²) in [6.45, 7) is 7.40. The third kappa shape index (κ3) is 3.51. The molecule has 0 radical (unpaired) electrons. The predicted octanol–water partition coefficient (Wildman–Crippen LogP) is 3.76. The molecular weight excluding hydrogens is 426 g/mol. The lowest BCUT2D eigenvalue weighted by Crippen LogP contribution is -2.60.